The molecule has 1 N–H and O–H groups in total. The molecule has 3 aliphatic rings. The number of aromatic nitrogens is 1. The molecule has 5 rings (SSSR count). The van der Waals surface area contributed by atoms with E-state index in [-0.39, 0.29) is 23.3 Å². The fourth-order valence-electron chi connectivity index (χ4n) is 4.78. The zero-order chi connectivity index (χ0) is 22.8. The molecule has 0 bridgehead atoms. The maximum absolute atomic E-state index is 12.8. The van der Waals surface area contributed by atoms with E-state index in [9.17, 15) is 9.59 Å². The van der Waals surface area contributed by atoms with Crippen LogP contribution in [0, 0.1) is 5.41 Å². The molecule has 0 atom stereocenters. The van der Waals surface area contributed by atoms with Crippen LogP contribution in [-0.4, -0.2) is 72.5 Å². The molecule has 0 saturated carbocycles. The number of hydrogen-bond acceptors (Lipinski definition) is 6. The Hall–Kier alpha value is -2.55. The molecular weight excluding hydrogens is 436 g/mol. The van der Waals surface area contributed by atoms with Gasteiger partial charge in [0.1, 0.15) is 5.82 Å². The highest BCUT2D eigenvalue weighted by atomic mass is 32.1. The van der Waals surface area contributed by atoms with Crippen molar-refractivity contribution in [1.29, 1.82) is 0 Å². The summed E-state index contributed by atoms with van der Waals surface area (Å²) in [6.45, 7) is 3.83. The molecule has 2 saturated heterocycles. The molecule has 0 aliphatic carbocycles. The highest BCUT2D eigenvalue weighted by Crippen LogP contribution is 2.40. The number of ether oxygens (including phenoxy) is 1. The molecule has 8 heteroatoms. The Balaban J connectivity index is 1.13. The van der Waals surface area contributed by atoms with E-state index in [0.717, 1.165) is 43.5 Å². The first-order chi connectivity index (χ1) is 16.0. The first-order valence-corrected chi connectivity index (χ1v) is 12.5. The van der Waals surface area contributed by atoms with Crippen molar-refractivity contribution in [3.63, 3.8) is 0 Å². The lowest BCUT2D eigenvalue weighted by atomic mass is 9.71. The minimum Gasteiger partial charge on any atom is -0.374 e. The smallest absolute Gasteiger partial charge is 0.246 e. The van der Waals surface area contributed by atoms with Gasteiger partial charge in [-0.2, -0.15) is 0 Å². The molecule has 3 aliphatic heterocycles. The van der Waals surface area contributed by atoms with Crippen molar-refractivity contribution >= 4 is 35.0 Å². The van der Waals surface area contributed by atoms with Crippen LogP contribution in [0.4, 0.5) is 5.82 Å². The Kier molecular flexibility index (Phi) is 6.32. The third kappa shape index (κ3) is 4.88. The number of amides is 2. The van der Waals surface area contributed by atoms with E-state index in [1.165, 1.54) is 4.88 Å². The van der Waals surface area contributed by atoms with Crippen LogP contribution in [0.1, 0.15) is 28.8 Å². The van der Waals surface area contributed by atoms with E-state index in [1.807, 2.05) is 6.08 Å². The standard InChI is InChI=1S/C25H30N4O3S/c1-28-9-7-25(8-10-28)14-19-13-18(15-26-23(19)27-24(25)31)4-5-22(30)29-16-20(17-29)32-11-6-21-3-2-12-33-21/h2-5,12-13,15,20H,6-11,14,16-17H2,1H3,(H,26,27,31)/b5-4+. The van der Waals surface area contributed by atoms with Crippen LogP contribution in [0.5, 0.6) is 0 Å². The van der Waals surface area contributed by atoms with Crippen molar-refractivity contribution in [3.05, 3.63) is 51.9 Å². The maximum Gasteiger partial charge on any atom is 0.246 e. The molecular formula is C25H30N4O3S. The van der Waals surface area contributed by atoms with Gasteiger partial charge in [0.05, 0.1) is 18.1 Å². The Labute approximate surface area is 198 Å². The van der Waals surface area contributed by atoms with Gasteiger partial charge in [0.25, 0.3) is 0 Å². The van der Waals surface area contributed by atoms with Crippen molar-refractivity contribution in [2.24, 2.45) is 5.41 Å². The lowest BCUT2D eigenvalue weighted by Gasteiger charge is -2.42. The molecule has 33 heavy (non-hydrogen) atoms. The van der Waals surface area contributed by atoms with Gasteiger partial charge in [-0.1, -0.05) is 6.07 Å². The monoisotopic (exact) mass is 466 g/mol. The fourth-order valence-corrected chi connectivity index (χ4v) is 5.47. The summed E-state index contributed by atoms with van der Waals surface area (Å²) in [7, 11) is 2.10. The minimum atomic E-state index is -0.338. The van der Waals surface area contributed by atoms with Gasteiger partial charge in [0.15, 0.2) is 0 Å². The van der Waals surface area contributed by atoms with Crippen molar-refractivity contribution < 1.29 is 14.3 Å². The van der Waals surface area contributed by atoms with Crippen LogP contribution >= 0.6 is 11.3 Å². The van der Waals surface area contributed by atoms with E-state index < -0.39 is 0 Å². The van der Waals surface area contributed by atoms with Crippen LogP contribution in [0.25, 0.3) is 6.08 Å². The van der Waals surface area contributed by atoms with Gasteiger partial charge < -0.3 is 19.9 Å². The Morgan fingerprint density at radius 1 is 1.36 bits per heavy atom. The van der Waals surface area contributed by atoms with Crippen LogP contribution in [0.15, 0.2) is 35.9 Å². The number of carbonyl (C=O) groups is 2. The topological polar surface area (TPSA) is 74.8 Å². The summed E-state index contributed by atoms with van der Waals surface area (Å²) in [6.07, 6.45) is 8.62. The van der Waals surface area contributed by atoms with E-state index in [4.69, 9.17) is 4.74 Å². The molecule has 2 fully saturated rings. The van der Waals surface area contributed by atoms with Crippen molar-refractivity contribution in [2.45, 2.75) is 31.8 Å². The molecule has 2 aromatic heterocycles. The first kappa shape index (κ1) is 22.3. The molecule has 5 heterocycles. The van der Waals surface area contributed by atoms with Crippen LogP contribution < -0.4 is 5.32 Å². The number of nitrogens with one attached hydrogen (secondary N) is 1. The summed E-state index contributed by atoms with van der Waals surface area (Å²) in [5.74, 6) is 0.739. The zero-order valence-electron chi connectivity index (χ0n) is 19.0. The quantitative estimate of drug-likeness (QED) is 0.663. The average Bonchev–Trinajstić information content (AvgIpc) is 3.30. The number of carbonyl (C=O) groups excluding carboxylic acids is 2. The maximum atomic E-state index is 12.8. The number of nitrogens with zero attached hydrogens (tertiary/aromatic N) is 3. The van der Waals surface area contributed by atoms with E-state index in [0.29, 0.717) is 31.9 Å². The first-order valence-electron chi connectivity index (χ1n) is 11.6. The van der Waals surface area contributed by atoms with Gasteiger partial charge >= 0.3 is 0 Å². The molecule has 2 aromatic rings. The summed E-state index contributed by atoms with van der Waals surface area (Å²) < 4.78 is 5.87. The average molecular weight is 467 g/mol. The van der Waals surface area contributed by atoms with E-state index in [2.05, 4.69) is 45.8 Å². The number of pyridine rings is 1. The molecule has 7 nitrogen and oxygen atoms in total. The second-order valence-corrected chi connectivity index (χ2v) is 10.4. The van der Waals surface area contributed by atoms with Crippen molar-refractivity contribution in [2.75, 3.05) is 45.2 Å². The predicted molar refractivity (Wildman–Crippen MR) is 129 cm³/mol. The lowest BCUT2D eigenvalue weighted by Crippen LogP contribution is -2.54. The molecule has 1 spiro atoms. The summed E-state index contributed by atoms with van der Waals surface area (Å²) in [5, 5.41) is 5.09. The Morgan fingerprint density at radius 3 is 2.94 bits per heavy atom. The number of rotatable bonds is 6. The van der Waals surface area contributed by atoms with Crippen LogP contribution in [0.2, 0.25) is 0 Å². The molecule has 0 aromatic carbocycles. The highest BCUT2D eigenvalue weighted by molar-refractivity contribution is 7.09. The van der Waals surface area contributed by atoms with Gasteiger partial charge in [-0.25, -0.2) is 4.98 Å². The van der Waals surface area contributed by atoms with Gasteiger partial charge in [0.2, 0.25) is 11.8 Å². The fraction of sp³-hybridized carbons (Fsp3) is 0.480. The predicted octanol–water partition coefficient (Wildman–Crippen LogP) is 2.83. The zero-order valence-corrected chi connectivity index (χ0v) is 19.8. The summed E-state index contributed by atoms with van der Waals surface area (Å²) in [5.41, 5.74) is 1.60. The number of piperidine rings is 1. The molecule has 174 valence electrons. The van der Waals surface area contributed by atoms with Crippen molar-refractivity contribution in [1.82, 2.24) is 14.8 Å². The Bertz CT molecular complexity index is 1040. The summed E-state index contributed by atoms with van der Waals surface area (Å²) >= 11 is 1.74. The normalized spacial score (nSPS) is 20.6. The molecule has 0 radical (unpaired) electrons. The summed E-state index contributed by atoms with van der Waals surface area (Å²) in [6, 6.07) is 6.22. The SMILES string of the molecule is CN1CCC2(CC1)Cc1cc(/C=C/C(=O)N3CC(OCCc4cccs4)C3)cnc1NC2=O. The minimum absolute atomic E-state index is 0.00841. The van der Waals surface area contributed by atoms with E-state index in [1.54, 1.807) is 28.5 Å². The molecule has 0 unspecified atom stereocenters. The number of hydrogen-bond donors (Lipinski definition) is 1. The number of anilines is 1. The molecule has 2 amide bonds. The van der Waals surface area contributed by atoms with Crippen molar-refractivity contribution in [3.8, 4) is 0 Å². The number of likely N-dealkylation sites (tertiary alicyclic amines) is 2. The van der Waals surface area contributed by atoms with Crippen LogP contribution in [-0.2, 0) is 27.2 Å². The van der Waals surface area contributed by atoms with Gasteiger partial charge in [0, 0.05) is 36.7 Å². The van der Waals surface area contributed by atoms with Crippen LogP contribution in [0.3, 0.4) is 0 Å². The van der Waals surface area contributed by atoms with Gasteiger partial charge in [-0.05, 0) is 74.1 Å². The largest absolute Gasteiger partial charge is 0.374 e. The third-order valence-electron chi connectivity index (χ3n) is 7.03. The summed E-state index contributed by atoms with van der Waals surface area (Å²) in [4.78, 5) is 35.1. The highest BCUT2D eigenvalue weighted by Gasteiger charge is 2.44. The second-order valence-electron chi connectivity index (χ2n) is 9.39. The van der Waals surface area contributed by atoms with Gasteiger partial charge in [-0.15, -0.1) is 11.3 Å². The van der Waals surface area contributed by atoms with E-state index >= 15 is 0 Å². The number of fused-ring (bicyclic) bond motifs is 1. The third-order valence-corrected chi connectivity index (χ3v) is 7.97. The van der Waals surface area contributed by atoms with Gasteiger partial charge in [-0.3, -0.25) is 9.59 Å². The Morgan fingerprint density at radius 2 is 2.18 bits per heavy atom. The second kappa shape index (κ2) is 9.37. The number of thiophene rings is 1. The lowest BCUT2D eigenvalue weighted by molar-refractivity contribution is -0.139.